The van der Waals surface area contributed by atoms with Crippen molar-refractivity contribution in [2.75, 3.05) is 6.54 Å². The van der Waals surface area contributed by atoms with E-state index >= 15 is 0 Å². The number of aliphatic hydroxyl groups is 1. The van der Waals surface area contributed by atoms with Gasteiger partial charge in [0.2, 0.25) is 0 Å². The molecule has 0 aliphatic rings. The topological polar surface area (TPSA) is 86.6 Å². The van der Waals surface area contributed by atoms with Gasteiger partial charge in [0.1, 0.15) is 5.82 Å². The highest BCUT2D eigenvalue weighted by atomic mass is 19.1. The molecule has 3 N–H and O–H groups in total. The van der Waals surface area contributed by atoms with Crippen molar-refractivity contribution in [1.29, 1.82) is 0 Å². The molecule has 0 spiro atoms. The first-order chi connectivity index (χ1) is 8.65. The van der Waals surface area contributed by atoms with E-state index in [0.717, 1.165) is 6.92 Å². The van der Waals surface area contributed by atoms with Crippen LogP contribution >= 0.6 is 0 Å². The summed E-state index contributed by atoms with van der Waals surface area (Å²) in [4.78, 5) is 22.5. The molecule has 1 atom stereocenters. The van der Waals surface area contributed by atoms with Crippen molar-refractivity contribution in [3.8, 4) is 0 Å². The van der Waals surface area contributed by atoms with E-state index in [-0.39, 0.29) is 11.4 Å². The zero-order chi connectivity index (χ0) is 14.8. The van der Waals surface area contributed by atoms with Gasteiger partial charge in [-0.2, -0.15) is 0 Å². The molecular formula is C13H16FNO4. The highest BCUT2D eigenvalue weighted by molar-refractivity contribution is 5.95. The van der Waals surface area contributed by atoms with E-state index < -0.39 is 24.0 Å². The van der Waals surface area contributed by atoms with Crippen molar-refractivity contribution in [3.63, 3.8) is 0 Å². The van der Waals surface area contributed by atoms with Gasteiger partial charge in [-0.1, -0.05) is 0 Å². The second kappa shape index (κ2) is 5.36. The van der Waals surface area contributed by atoms with Gasteiger partial charge in [0.05, 0.1) is 6.54 Å². The number of amides is 1. The lowest BCUT2D eigenvalue weighted by atomic mass is 10.0. The Kier molecular flexibility index (Phi) is 4.26. The van der Waals surface area contributed by atoms with Gasteiger partial charge in [-0.15, -0.1) is 0 Å². The molecule has 0 aliphatic carbocycles. The Hall–Kier alpha value is -1.95. The summed E-state index contributed by atoms with van der Waals surface area (Å²) >= 11 is 0. The Morgan fingerprint density at radius 3 is 2.21 bits per heavy atom. The van der Waals surface area contributed by atoms with Crippen LogP contribution in [0.3, 0.4) is 0 Å². The molecule has 1 aromatic rings. The van der Waals surface area contributed by atoms with Crippen molar-refractivity contribution in [2.24, 2.45) is 0 Å². The number of nitrogens with one attached hydrogen (secondary N) is 1. The molecule has 0 fully saturated rings. The number of rotatable bonds is 4. The molecule has 0 radical (unpaired) electrons. The molecule has 19 heavy (non-hydrogen) atoms. The summed E-state index contributed by atoms with van der Waals surface area (Å²) in [7, 11) is 0. The van der Waals surface area contributed by atoms with Crippen LogP contribution in [-0.2, 0) is 4.79 Å². The maximum atomic E-state index is 13.4. The summed E-state index contributed by atoms with van der Waals surface area (Å²) in [5.41, 5.74) is -1.16. The molecule has 0 aliphatic heterocycles. The number of carboxylic acid groups (broad SMARTS) is 1. The lowest BCUT2D eigenvalue weighted by Crippen LogP contribution is -2.46. The van der Waals surface area contributed by atoms with Crippen molar-refractivity contribution in [1.82, 2.24) is 5.32 Å². The predicted octanol–water partition coefficient (Wildman–Crippen LogP) is 1.01. The second-order valence-corrected chi connectivity index (χ2v) is 4.69. The number of carbonyl (C=O) groups is 2. The Morgan fingerprint density at radius 2 is 1.79 bits per heavy atom. The van der Waals surface area contributed by atoms with Crippen LogP contribution in [0, 0.1) is 19.7 Å². The lowest BCUT2D eigenvalue weighted by Gasteiger charge is -2.18. The number of hydrogen-bond donors (Lipinski definition) is 3. The fourth-order valence-corrected chi connectivity index (χ4v) is 1.51. The largest absolute Gasteiger partial charge is 0.479 e. The van der Waals surface area contributed by atoms with Gasteiger partial charge >= 0.3 is 5.97 Å². The zero-order valence-electron chi connectivity index (χ0n) is 11.0. The van der Waals surface area contributed by atoms with Crippen LogP contribution in [0.1, 0.15) is 28.4 Å². The van der Waals surface area contributed by atoms with Crippen LogP contribution < -0.4 is 5.32 Å². The Morgan fingerprint density at radius 1 is 1.32 bits per heavy atom. The predicted molar refractivity (Wildman–Crippen MR) is 66.5 cm³/mol. The van der Waals surface area contributed by atoms with Gasteiger partial charge < -0.3 is 15.5 Å². The van der Waals surface area contributed by atoms with E-state index in [4.69, 9.17) is 5.11 Å². The standard InChI is InChI=1S/C13H16FNO4/c1-7-4-9(5-8(2)10(7)14)11(16)15-6-13(3,19)12(17)18/h4-5,19H,6H2,1-3H3,(H,15,16)(H,17,18). The van der Waals surface area contributed by atoms with Gasteiger partial charge in [0.15, 0.2) is 5.60 Å². The van der Waals surface area contributed by atoms with E-state index in [1.807, 2.05) is 0 Å². The second-order valence-electron chi connectivity index (χ2n) is 4.69. The summed E-state index contributed by atoms with van der Waals surface area (Å²) in [5, 5.41) is 20.5. The number of benzene rings is 1. The van der Waals surface area contributed by atoms with Crippen LogP contribution in [0.5, 0.6) is 0 Å². The molecule has 1 aromatic carbocycles. The molecule has 5 nitrogen and oxygen atoms in total. The summed E-state index contributed by atoms with van der Waals surface area (Å²) in [6.45, 7) is 3.71. The first-order valence-electron chi connectivity index (χ1n) is 5.66. The number of aryl methyl sites for hydroxylation is 2. The molecule has 0 saturated heterocycles. The van der Waals surface area contributed by atoms with Gasteiger partial charge in [0, 0.05) is 5.56 Å². The van der Waals surface area contributed by atoms with Gasteiger partial charge in [-0.3, -0.25) is 4.79 Å². The minimum Gasteiger partial charge on any atom is -0.479 e. The normalized spacial score (nSPS) is 13.7. The third kappa shape index (κ3) is 3.51. The van der Waals surface area contributed by atoms with Crippen molar-refractivity contribution >= 4 is 11.9 Å². The monoisotopic (exact) mass is 269 g/mol. The number of hydrogen-bond acceptors (Lipinski definition) is 3. The average Bonchev–Trinajstić information content (AvgIpc) is 2.32. The van der Waals surface area contributed by atoms with Gasteiger partial charge in [-0.25, -0.2) is 9.18 Å². The average molecular weight is 269 g/mol. The molecule has 1 amide bonds. The number of halogens is 1. The maximum Gasteiger partial charge on any atom is 0.337 e. The third-order valence-electron chi connectivity index (χ3n) is 2.75. The van der Waals surface area contributed by atoms with Crippen LogP contribution in [0.25, 0.3) is 0 Å². The lowest BCUT2D eigenvalue weighted by molar-refractivity contribution is -0.155. The van der Waals surface area contributed by atoms with E-state index in [9.17, 15) is 19.1 Å². The van der Waals surface area contributed by atoms with Crippen LogP contribution in [0.15, 0.2) is 12.1 Å². The molecule has 0 heterocycles. The molecule has 0 saturated carbocycles. The maximum absolute atomic E-state index is 13.4. The minimum atomic E-state index is -2.04. The third-order valence-corrected chi connectivity index (χ3v) is 2.75. The molecule has 6 heteroatoms. The molecule has 0 bridgehead atoms. The van der Waals surface area contributed by atoms with Crippen LogP contribution in [0.4, 0.5) is 4.39 Å². The summed E-state index contributed by atoms with van der Waals surface area (Å²) in [6, 6.07) is 2.74. The highest BCUT2D eigenvalue weighted by Crippen LogP contribution is 2.14. The number of aliphatic carboxylic acids is 1. The zero-order valence-corrected chi connectivity index (χ0v) is 11.0. The minimum absolute atomic E-state index is 0.220. The Bertz CT molecular complexity index is 502. The van der Waals surface area contributed by atoms with Crippen LogP contribution in [0.2, 0.25) is 0 Å². The van der Waals surface area contributed by atoms with Crippen molar-refractivity contribution < 1.29 is 24.2 Å². The summed E-state index contributed by atoms with van der Waals surface area (Å²) in [6.07, 6.45) is 0. The van der Waals surface area contributed by atoms with E-state index in [1.54, 1.807) is 0 Å². The molecule has 1 unspecified atom stereocenters. The number of carboxylic acids is 1. The molecule has 0 aromatic heterocycles. The Balaban J connectivity index is 2.83. The SMILES string of the molecule is Cc1cc(C(=O)NCC(C)(O)C(=O)O)cc(C)c1F. The first kappa shape index (κ1) is 15.1. The summed E-state index contributed by atoms with van der Waals surface area (Å²) in [5.74, 6) is -2.37. The fraction of sp³-hybridized carbons (Fsp3) is 0.385. The van der Waals surface area contributed by atoms with Crippen molar-refractivity contribution in [2.45, 2.75) is 26.4 Å². The number of carbonyl (C=O) groups excluding carboxylic acids is 1. The molecular weight excluding hydrogens is 253 g/mol. The van der Waals surface area contributed by atoms with Gasteiger partial charge in [-0.05, 0) is 44.0 Å². The van der Waals surface area contributed by atoms with Crippen molar-refractivity contribution in [3.05, 3.63) is 34.6 Å². The van der Waals surface area contributed by atoms with E-state index in [2.05, 4.69) is 5.32 Å². The smallest absolute Gasteiger partial charge is 0.337 e. The highest BCUT2D eigenvalue weighted by Gasteiger charge is 2.30. The quantitative estimate of drug-likeness (QED) is 0.761. The first-order valence-corrected chi connectivity index (χ1v) is 5.66. The van der Waals surface area contributed by atoms with Crippen LogP contribution in [-0.4, -0.2) is 34.2 Å². The summed E-state index contributed by atoms with van der Waals surface area (Å²) < 4.78 is 13.4. The Labute approximate surface area is 110 Å². The molecule has 1 rings (SSSR count). The van der Waals surface area contributed by atoms with E-state index in [0.29, 0.717) is 11.1 Å². The molecule has 104 valence electrons. The van der Waals surface area contributed by atoms with Gasteiger partial charge in [0.25, 0.3) is 5.91 Å². The fourth-order valence-electron chi connectivity index (χ4n) is 1.51. The van der Waals surface area contributed by atoms with E-state index in [1.165, 1.54) is 26.0 Å².